The molecule has 0 aromatic rings. The number of methoxy groups -OCH3 is 1. The van der Waals surface area contributed by atoms with Crippen LogP contribution in [0.1, 0.15) is 27.7 Å². The molecule has 0 bridgehead atoms. The molecule has 0 aliphatic heterocycles. The Morgan fingerprint density at radius 3 is 2.18 bits per heavy atom. The molecular weight excluding hydrogens is 140 g/mol. The third kappa shape index (κ3) is 3.51. The number of Topliss-reactive ketones (excluding diaryl/α,β-unsaturated/α-hetero) is 1. The summed E-state index contributed by atoms with van der Waals surface area (Å²) in [5.74, 6) is 0.277. The highest BCUT2D eigenvalue weighted by Gasteiger charge is 2.26. The van der Waals surface area contributed by atoms with Crippen molar-refractivity contribution < 1.29 is 9.53 Å². The van der Waals surface area contributed by atoms with Crippen LogP contribution in [0.3, 0.4) is 0 Å². The Balaban J connectivity index is 4.03. The molecule has 0 amide bonds. The van der Waals surface area contributed by atoms with Gasteiger partial charge in [0.05, 0.1) is 6.61 Å². The first kappa shape index (κ1) is 10.6. The first-order chi connectivity index (χ1) is 4.89. The zero-order valence-electron chi connectivity index (χ0n) is 8.10. The van der Waals surface area contributed by atoms with Gasteiger partial charge < -0.3 is 4.74 Å². The fraction of sp³-hybridized carbons (Fsp3) is 0.889. The van der Waals surface area contributed by atoms with Gasteiger partial charge in [0.25, 0.3) is 0 Å². The second kappa shape index (κ2) is 3.86. The average Bonchev–Trinajstić information content (AvgIpc) is 1.85. The third-order valence-electron chi connectivity index (χ3n) is 1.60. The highest BCUT2D eigenvalue weighted by atomic mass is 16.5. The van der Waals surface area contributed by atoms with Crippen molar-refractivity contribution in [3.63, 3.8) is 0 Å². The standard InChI is InChI=1S/C9H18O2/c1-7(6-11-5)8(10)9(2,3)4/h7H,6H2,1-5H3. The number of hydrogen-bond acceptors (Lipinski definition) is 2. The Bertz CT molecular complexity index is 133. The molecule has 0 saturated carbocycles. The predicted molar refractivity (Wildman–Crippen MR) is 45.5 cm³/mol. The Morgan fingerprint density at radius 1 is 1.45 bits per heavy atom. The second-order valence-corrected chi connectivity index (χ2v) is 3.97. The maximum Gasteiger partial charge on any atom is 0.143 e. The Kier molecular flexibility index (Phi) is 3.73. The molecule has 0 aromatic heterocycles. The number of hydrogen-bond donors (Lipinski definition) is 0. The lowest BCUT2D eigenvalue weighted by Crippen LogP contribution is -2.29. The molecule has 0 aliphatic carbocycles. The summed E-state index contributed by atoms with van der Waals surface area (Å²) in [6.45, 7) is 8.22. The van der Waals surface area contributed by atoms with Crippen LogP contribution in [0.15, 0.2) is 0 Å². The first-order valence-corrected chi connectivity index (χ1v) is 3.93. The van der Waals surface area contributed by atoms with Crippen molar-refractivity contribution >= 4 is 5.78 Å². The number of ether oxygens (including phenoxy) is 1. The molecule has 0 rings (SSSR count). The Morgan fingerprint density at radius 2 is 1.91 bits per heavy atom. The van der Waals surface area contributed by atoms with E-state index in [2.05, 4.69) is 0 Å². The monoisotopic (exact) mass is 158 g/mol. The van der Waals surface area contributed by atoms with Gasteiger partial charge in [-0.2, -0.15) is 0 Å². The van der Waals surface area contributed by atoms with E-state index in [1.807, 2.05) is 27.7 Å². The molecule has 1 atom stereocenters. The molecule has 0 N–H and O–H groups in total. The Labute approximate surface area is 68.9 Å². The summed E-state index contributed by atoms with van der Waals surface area (Å²) in [4.78, 5) is 11.5. The van der Waals surface area contributed by atoms with Crippen molar-refractivity contribution in [2.75, 3.05) is 13.7 Å². The van der Waals surface area contributed by atoms with E-state index in [-0.39, 0.29) is 17.1 Å². The minimum absolute atomic E-state index is 0.0139. The predicted octanol–water partition coefficient (Wildman–Crippen LogP) is 1.88. The van der Waals surface area contributed by atoms with E-state index in [4.69, 9.17) is 4.74 Å². The molecule has 2 nitrogen and oxygen atoms in total. The van der Waals surface area contributed by atoms with Gasteiger partial charge in [-0.25, -0.2) is 0 Å². The van der Waals surface area contributed by atoms with E-state index < -0.39 is 0 Å². The lowest BCUT2D eigenvalue weighted by Gasteiger charge is -2.20. The summed E-state index contributed by atoms with van der Waals surface area (Å²) >= 11 is 0. The number of carbonyl (C=O) groups excluding carboxylic acids is 1. The summed E-state index contributed by atoms with van der Waals surface area (Å²) in [7, 11) is 1.62. The van der Waals surface area contributed by atoms with Gasteiger partial charge in [0.2, 0.25) is 0 Å². The van der Waals surface area contributed by atoms with Crippen LogP contribution in [-0.4, -0.2) is 19.5 Å². The minimum Gasteiger partial charge on any atom is -0.384 e. The van der Waals surface area contributed by atoms with E-state index in [0.717, 1.165) is 0 Å². The molecule has 2 heteroatoms. The molecule has 0 radical (unpaired) electrons. The minimum atomic E-state index is -0.238. The van der Waals surface area contributed by atoms with Crippen molar-refractivity contribution in [2.45, 2.75) is 27.7 Å². The number of ketones is 1. The van der Waals surface area contributed by atoms with Gasteiger partial charge in [-0.1, -0.05) is 27.7 Å². The molecule has 66 valence electrons. The van der Waals surface area contributed by atoms with Crippen LogP contribution in [0.2, 0.25) is 0 Å². The number of rotatable bonds is 3. The largest absolute Gasteiger partial charge is 0.384 e. The van der Waals surface area contributed by atoms with Gasteiger partial charge in [-0.05, 0) is 0 Å². The molecule has 0 heterocycles. The van der Waals surface area contributed by atoms with E-state index in [9.17, 15) is 4.79 Å². The lowest BCUT2D eigenvalue weighted by atomic mass is 9.84. The smallest absolute Gasteiger partial charge is 0.143 e. The fourth-order valence-corrected chi connectivity index (χ4v) is 1.06. The summed E-state index contributed by atoms with van der Waals surface area (Å²) in [5, 5.41) is 0. The molecule has 11 heavy (non-hydrogen) atoms. The summed E-state index contributed by atoms with van der Waals surface area (Å²) in [5.41, 5.74) is -0.238. The van der Waals surface area contributed by atoms with E-state index in [1.54, 1.807) is 7.11 Å². The topological polar surface area (TPSA) is 26.3 Å². The average molecular weight is 158 g/mol. The summed E-state index contributed by atoms with van der Waals surface area (Å²) in [6.07, 6.45) is 0. The molecule has 0 fully saturated rings. The molecule has 0 aromatic carbocycles. The van der Waals surface area contributed by atoms with Gasteiger partial charge in [0, 0.05) is 18.4 Å². The highest BCUT2D eigenvalue weighted by Crippen LogP contribution is 2.19. The van der Waals surface area contributed by atoms with Crippen molar-refractivity contribution in [3.8, 4) is 0 Å². The van der Waals surface area contributed by atoms with Crippen LogP contribution >= 0.6 is 0 Å². The summed E-state index contributed by atoms with van der Waals surface area (Å²) in [6, 6.07) is 0. The van der Waals surface area contributed by atoms with Gasteiger partial charge >= 0.3 is 0 Å². The van der Waals surface area contributed by atoms with Gasteiger partial charge in [-0.3, -0.25) is 4.79 Å². The molecule has 0 saturated heterocycles. The van der Waals surface area contributed by atoms with Gasteiger partial charge in [-0.15, -0.1) is 0 Å². The van der Waals surface area contributed by atoms with Crippen molar-refractivity contribution in [2.24, 2.45) is 11.3 Å². The molecule has 0 aliphatic rings. The van der Waals surface area contributed by atoms with Crippen LogP contribution in [0.5, 0.6) is 0 Å². The Hall–Kier alpha value is -0.370. The van der Waals surface area contributed by atoms with Crippen LogP contribution < -0.4 is 0 Å². The first-order valence-electron chi connectivity index (χ1n) is 3.93. The maximum absolute atomic E-state index is 11.5. The highest BCUT2D eigenvalue weighted by molar-refractivity contribution is 5.85. The molecule has 0 spiro atoms. The quantitative estimate of drug-likeness (QED) is 0.627. The lowest BCUT2D eigenvalue weighted by molar-refractivity contribution is -0.131. The van der Waals surface area contributed by atoms with E-state index in [0.29, 0.717) is 6.61 Å². The molecule has 1 unspecified atom stereocenters. The third-order valence-corrected chi connectivity index (χ3v) is 1.60. The van der Waals surface area contributed by atoms with Crippen molar-refractivity contribution in [1.29, 1.82) is 0 Å². The molecular formula is C9H18O2. The zero-order chi connectivity index (χ0) is 9.07. The van der Waals surface area contributed by atoms with Crippen LogP contribution in [0.25, 0.3) is 0 Å². The normalized spacial score (nSPS) is 14.6. The van der Waals surface area contributed by atoms with Crippen LogP contribution in [-0.2, 0) is 9.53 Å². The van der Waals surface area contributed by atoms with Gasteiger partial charge in [0.1, 0.15) is 5.78 Å². The second-order valence-electron chi connectivity index (χ2n) is 3.97. The van der Waals surface area contributed by atoms with Crippen molar-refractivity contribution in [3.05, 3.63) is 0 Å². The van der Waals surface area contributed by atoms with Gasteiger partial charge in [0.15, 0.2) is 0 Å². The summed E-state index contributed by atoms with van der Waals surface area (Å²) < 4.78 is 4.90. The maximum atomic E-state index is 11.5. The van der Waals surface area contributed by atoms with E-state index >= 15 is 0 Å². The fourth-order valence-electron chi connectivity index (χ4n) is 1.06. The van der Waals surface area contributed by atoms with E-state index in [1.165, 1.54) is 0 Å². The van der Waals surface area contributed by atoms with Crippen LogP contribution in [0, 0.1) is 11.3 Å². The zero-order valence-corrected chi connectivity index (χ0v) is 8.10. The van der Waals surface area contributed by atoms with Crippen LogP contribution in [0.4, 0.5) is 0 Å². The number of carbonyl (C=O) groups is 1. The SMILES string of the molecule is COCC(C)C(=O)C(C)(C)C. The van der Waals surface area contributed by atoms with Crippen molar-refractivity contribution in [1.82, 2.24) is 0 Å².